The van der Waals surface area contributed by atoms with Gasteiger partial charge in [0, 0.05) is 19.6 Å². The lowest BCUT2D eigenvalue weighted by Crippen LogP contribution is -2.52. The number of hydrogen-bond acceptors (Lipinski definition) is 3. The van der Waals surface area contributed by atoms with Crippen molar-refractivity contribution in [2.24, 2.45) is 0 Å². The van der Waals surface area contributed by atoms with E-state index in [0.717, 1.165) is 3.39 Å². The molecule has 1 saturated heterocycles. The third-order valence-corrected chi connectivity index (χ3v) is 5.37. The van der Waals surface area contributed by atoms with Crippen molar-refractivity contribution < 1.29 is 8.42 Å². The molecule has 0 bridgehead atoms. The summed E-state index contributed by atoms with van der Waals surface area (Å²) in [6.45, 7) is 1.73. The van der Waals surface area contributed by atoms with Gasteiger partial charge in [-0.1, -0.05) is 18.2 Å². The Morgan fingerprint density at radius 3 is 2.63 bits per heavy atom. The Balaban J connectivity index is 2.35. The van der Waals surface area contributed by atoms with Crippen LogP contribution in [-0.2, 0) is 10.0 Å². The van der Waals surface area contributed by atoms with E-state index in [1.165, 1.54) is 4.31 Å². The van der Waals surface area contributed by atoms with Gasteiger partial charge in [-0.05, 0) is 50.1 Å². The number of benzene rings is 1. The zero-order chi connectivity index (χ0) is 13.9. The van der Waals surface area contributed by atoms with Gasteiger partial charge in [0.05, 0.1) is 14.3 Å². The highest BCUT2D eigenvalue weighted by Crippen LogP contribution is 2.23. The highest BCUT2D eigenvalue weighted by molar-refractivity contribution is 9.28. The van der Waals surface area contributed by atoms with Crippen molar-refractivity contribution in [1.82, 2.24) is 9.62 Å². The molecule has 0 radical (unpaired) electrons. The quantitative estimate of drug-likeness (QED) is 0.833. The summed E-state index contributed by atoms with van der Waals surface area (Å²) in [7, 11) is -3.45. The average Bonchev–Trinajstić information content (AvgIpc) is 2.39. The third kappa shape index (κ3) is 3.66. The Bertz CT molecular complexity index is 556. The monoisotopic (exact) mass is 408 g/mol. The van der Waals surface area contributed by atoms with E-state index >= 15 is 0 Å². The molecular weight excluding hydrogens is 396 g/mol. The maximum Gasteiger partial charge on any atom is 0.243 e. The Hall–Kier alpha value is -0.210. The number of halogens is 2. The zero-order valence-electron chi connectivity index (χ0n) is 10.1. The van der Waals surface area contributed by atoms with Gasteiger partial charge >= 0.3 is 0 Å². The molecule has 19 heavy (non-hydrogen) atoms. The summed E-state index contributed by atoms with van der Waals surface area (Å²) in [5.74, 6) is 0. The Morgan fingerprint density at radius 2 is 2.00 bits per heavy atom. The van der Waals surface area contributed by atoms with Crippen molar-refractivity contribution in [1.29, 1.82) is 0 Å². The predicted molar refractivity (Wildman–Crippen MR) is 82.9 cm³/mol. The molecule has 0 saturated carbocycles. The standard InChI is InChI=1S/C12H14Br2N2O2S/c13-12(14)8-10-9-15-6-7-16(10)19(17,18)11-4-2-1-3-5-11/h1-5,8,10,15H,6-7,9H2. The third-order valence-electron chi connectivity index (χ3n) is 2.90. The Kier molecular flexibility index (Phi) is 5.19. The smallest absolute Gasteiger partial charge is 0.243 e. The first kappa shape index (κ1) is 15.2. The van der Waals surface area contributed by atoms with Crippen molar-refractivity contribution in [2.45, 2.75) is 10.9 Å². The molecule has 104 valence electrons. The van der Waals surface area contributed by atoms with Crippen molar-refractivity contribution in [3.8, 4) is 0 Å². The molecule has 1 unspecified atom stereocenters. The van der Waals surface area contributed by atoms with Gasteiger partial charge in [0.25, 0.3) is 0 Å². The van der Waals surface area contributed by atoms with Crippen molar-refractivity contribution in [3.63, 3.8) is 0 Å². The summed E-state index contributed by atoms with van der Waals surface area (Å²) in [4.78, 5) is 0.334. The van der Waals surface area contributed by atoms with Crippen LogP contribution >= 0.6 is 31.9 Å². The van der Waals surface area contributed by atoms with E-state index < -0.39 is 10.0 Å². The van der Waals surface area contributed by atoms with E-state index in [-0.39, 0.29) is 6.04 Å². The van der Waals surface area contributed by atoms with Gasteiger partial charge in [0.15, 0.2) is 0 Å². The average molecular weight is 410 g/mol. The molecule has 1 heterocycles. The van der Waals surface area contributed by atoms with Crippen LogP contribution in [0.4, 0.5) is 0 Å². The van der Waals surface area contributed by atoms with Crippen molar-refractivity contribution >= 4 is 41.9 Å². The lowest BCUT2D eigenvalue weighted by Gasteiger charge is -2.33. The lowest BCUT2D eigenvalue weighted by molar-refractivity contribution is 0.306. The molecule has 1 aliphatic heterocycles. The highest BCUT2D eigenvalue weighted by atomic mass is 79.9. The fourth-order valence-electron chi connectivity index (χ4n) is 2.02. The normalized spacial score (nSPS) is 21.1. The molecule has 1 atom stereocenters. The summed E-state index contributed by atoms with van der Waals surface area (Å²) >= 11 is 6.58. The number of nitrogens with one attached hydrogen (secondary N) is 1. The number of rotatable bonds is 3. The molecule has 7 heteroatoms. The number of sulfonamides is 1. The summed E-state index contributed by atoms with van der Waals surface area (Å²) in [5.41, 5.74) is 0. The molecule has 0 spiro atoms. The molecule has 0 amide bonds. The van der Waals surface area contributed by atoms with Crippen LogP contribution in [0.1, 0.15) is 0 Å². The van der Waals surface area contributed by atoms with Gasteiger partial charge in [-0.25, -0.2) is 8.42 Å². The zero-order valence-corrected chi connectivity index (χ0v) is 14.1. The van der Waals surface area contributed by atoms with E-state index in [4.69, 9.17) is 0 Å². The SMILES string of the molecule is O=S(=O)(c1ccccc1)N1CCNCC1C=C(Br)Br. The molecular formula is C12H14Br2N2O2S. The molecule has 2 rings (SSSR count). The van der Waals surface area contributed by atoms with E-state index in [1.807, 2.05) is 12.1 Å². The highest BCUT2D eigenvalue weighted by Gasteiger charge is 2.32. The minimum Gasteiger partial charge on any atom is -0.314 e. The Labute approximate surface area is 130 Å². The van der Waals surface area contributed by atoms with Crippen LogP contribution in [-0.4, -0.2) is 38.4 Å². The molecule has 1 N–H and O–H groups in total. The molecule has 1 fully saturated rings. The van der Waals surface area contributed by atoms with Gasteiger partial charge < -0.3 is 5.32 Å². The van der Waals surface area contributed by atoms with E-state index in [1.54, 1.807) is 24.3 Å². The largest absolute Gasteiger partial charge is 0.314 e. The van der Waals surface area contributed by atoms with Crippen LogP contribution < -0.4 is 5.32 Å². The van der Waals surface area contributed by atoms with Crippen LogP contribution in [0.25, 0.3) is 0 Å². The van der Waals surface area contributed by atoms with Gasteiger partial charge in [-0.15, -0.1) is 0 Å². The lowest BCUT2D eigenvalue weighted by atomic mass is 10.2. The number of hydrogen-bond donors (Lipinski definition) is 1. The number of piperazine rings is 1. The molecule has 4 nitrogen and oxygen atoms in total. The van der Waals surface area contributed by atoms with Gasteiger partial charge in [-0.2, -0.15) is 4.31 Å². The topological polar surface area (TPSA) is 49.4 Å². The minimum absolute atomic E-state index is 0.201. The van der Waals surface area contributed by atoms with Crippen LogP contribution in [0.3, 0.4) is 0 Å². The second-order valence-corrected chi connectivity index (χ2v) is 8.82. The van der Waals surface area contributed by atoms with Crippen LogP contribution in [0, 0.1) is 0 Å². The summed E-state index contributed by atoms with van der Waals surface area (Å²) in [5, 5.41) is 3.20. The minimum atomic E-state index is -3.45. The van der Waals surface area contributed by atoms with Gasteiger partial charge in [0.2, 0.25) is 10.0 Å². The fourth-order valence-corrected chi connectivity index (χ4v) is 4.23. The number of nitrogens with zero attached hydrogens (tertiary/aromatic N) is 1. The molecule has 1 aromatic carbocycles. The Morgan fingerprint density at radius 1 is 1.32 bits per heavy atom. The second kappa shape index (κ2) is 6.49. The maximum atomic E-state index is 12.6. The summed E-state index contributed by atoms with van der Waals surface area (Å²) in [6.07, 6.45) is 1.84. The molecule has 0 aliphatic carbocycles. The second-order valence-electron chi connectivity index (χ2n) is 4.16. The van der Waals surface area contributed by atoms with E-state index in [0.29, 0.717) is 24.5 Å². The van der Waals surface area contributed by atoms with Crippen LogP contribution in [0.15, 0.2) is 44.7 Å². The summed E-state index contributed by atoms with van der Waals surface area (Å²) in [6, 6.07) is 8.33. The van der Waals surface area contributed by atoms with Gasteiger partial charge in [0.1, 0.15) is 0 Å². The maximum absolute atomic E-state index is 12.6. The first-order chi connectivity index (χ1) is 9.01. The molecule has 1 aliphatic rings. The van der Waals surface area contributed by atoms with Crippen LogP contribution in [0.5, 0.6) is 0 Å². The predicted octanol–water partition coefficient (Wildman–Crippen LogP) is 2.28. The first-order valence-corrected chi connectivity index (χ1v) is 8.85. The van der Waals surface area contributed by atoms with E-state index in [9.17, 15) is 8.42 Å². The van der Waals surface area contributed by atoms with Crippen LogP contribution in [0.2, 0.25) is 0 Å². The van der Waals surface area contributed by atoms with Gasteiger partial charge in [-0.3, -0.25) is 0 Å². The fraction of sp³-hybridized carbons (Fsp3) is 0.333. The van der Waals surface area contributed by atoms with E-state index in [2.05, 4.69) is 37.2 Å². The molecule has 0 aromatic heterocycles. The first-order valence-electron chi connectivity index (χ1n) is 5.82. The van der Waals surface area contributed by atoms with Crippen molar-refractivity contribution in [3.05, 3.63) is 39.8 Å². The summed E-state index contributed by atoms with van der Waals surface area (Å²) < 4.78 is 27.5. The molecule has 1 aromatic rings. The van der Waals surface area contributed by atoms with Crippen molar-refractivity contribution in [2.75, 3.05) is 19.6 Å².